The first kappa shape index (κ1) is 23.7. The van der Waals surface area contributed by atoms with E-state index in [0.29, 0.717) is 17.6 Å². The molecule has 36 heavy (non-hydrogen) atoms. The van der Waals surface area contributed by atoms with Gasteiger partial charge >= 0.3 is 0 Å². The summed E-state index contributed by atoms with van der Waals surface area (Å²) in [6.45, 7) is 6.61. The van der Waals surface area contributed by atoms with Gasteiger partial charge in [-0.05, 0) is 53.8 Å². The Kier molecular flexibility index (Phi) is 7.02. The van der Waals surface area contributed by atoms with E-state index in [9.17, 15) is 4.79 Å². The van der Waals surface area contributed by atoms with Gasteiger partial charge in [0.2, 0.25) is 11.9 Å². The number of benzene rings is 3. The first-order chi connectivity index (χ1) is 17.6. The molecule has 0 bridgehead atoms. The summed E-state index contributed by atoms with van der Waals surface area (Å²) < 4.78 is 0. The molecule has 1 aliphatic rings. The van der Waals surface area contributed by atoms with E-state index in [-0.39, 0.29) is 12.5 Å². The molecule has 1 saturated heterocycles. The molecule has 1 aromatic heterocycles. The Morgan fingerprint density at radius 3 is 2.67 bits per heavy atom. The van der Waals surface area contributed by atoms with Crippen LogP contribution in [0, 0.1) is 5.92 Å². The highest BCUT2D eigenvalue weighted by atomic mass is 16.3. The number of β-amino-alcohol motifs (C(OH)–C–C–N with tert-alkyl or cyclic N) is 1. The number of para-hydroxylation sites is 1. The van der Waals surface area contributed by atoms with E-state index in [1.165, 1.54) is 11.6 Å². The minimum atomic E-state index is -0.249. The third-order valence-electron chi connectivity index (χ3n) is 6.42. The van der Waals surface area contributed by atoms with Crippen molar-refractivity contribution in [3.8, 4) is 11.1 Å². The molecule has 3 aromatic carbocycles. The molecule has 0 atom stereocenters. The second-order valence-electron chi connectivity index (χ2n) is 9.09. The van der Waals surface area contributed by atoms with Crippen molar-refractivity contribution in [2.75, 3.05) is 36.9 Å². The van der Waals surface area contributed by atoms with Crippen LogP contribution in [0.25, 0.3) is 22.0 Å². The number of rotatable bonds is 9. The zero-order valence-corrected chi connectivity index (χ0v) is 20.0. The van der Waals surface area contributed by atoms with Crippen LogP contribution in [-0.2, 0) is 11.2 Å². The van der Waals surface area contributed by atoms with Gasteiger partial charge in [0.15, 0.2) is 0 Å². The predicted octanol–water partition coefficient (Wildman–Crippen LogP) is 4.63. The molecule has 0 aliphatic carbocycles. The maximum absolute atomic E-state index is 11.7. The molecule has 7 nitrogen and oxygen atoms in total. The topological polar surface area (TPSA) is 90.4 Å². The third kappa shape index (κ3) is 5.43. The summed E-state index contributed by atoms with van der Waals surface area (Å²) in [5.41, 5.74) is 5.67. The first-order valence-corrected chi connectivity index (χ1v) is 12.1. The number of aromatic nitrogens is 2. The Morgan fingerprint density at radius 2 is 1.89 bits per heavy atom. The molecule has 0 unspecified atom stereocenters. The summed E-state index contributed by atoms with van der Waals surface area (Å²) >= 11 is 0. The van der Waals surface area contributed by atoms with Crippen LogP contribution in [0.3, 0.4) is 0 Å². The van der Waals surface area contributed by atoms with Crippen molar-refractivity contribution in [1.82, 2.24) is 14.9 Å². The van der Waals surface area contributed by atoms with Crippen LogP contribution in [-0.4, -0.2) is 52.1 Å². The number of nitrogens with one attached hydrogen (secondary N) is 2. The average Bonchev–Trinajstić information content (AvgIpc) is 2.88. The fourth-order valence-electron chi connectivity index (χ4n) is 4.62. The zero-order valence-electron chi connectivity index (χ0n) is 20.0. The van der Waals surface area contributed by atoms with Gasteiger partial charge in [0, 0.05) is 48.2 Å². The fourth-order valence-corrected chi connectivity index (χ4v) is 4.62. The van der Waals surface area contributed by atoms with Crippen LogP contribution in [0.4, 0.5) is 17.3 Å². The van der Waals surface area contributed by atoms with E-state index in [1.807, 2.05) is 48.7 Å². The zero-order chi connectivity index (χ0) is 24.9. The lowest BCUT2D eigenvalue weighted by molar-refractivity contribution is -0.111. The van der Waals surface area contributed by atoms with Crippen molar-refractivity contribution < 1.29 is 9.90 Å². The Hall–Kier alpha value is -4.07. The number of carbonyl (C=O) groups is 1. The Morgan fingerprint density at radius 1 is 1.08 bits per heavy atom. The van der Waals surface area contributed by atoms with Gasteiger partial charge in [-0.15, -0.1) is 0 Å². The number of hydrogen-bond donors (Lipinski definition) is 3. The molecular formula is C29H29N5O2. The van der Waals surface area contributed by atoms with Crippen LogP contribution >= 0.6 is 0 Å². The Labute approximate surface area is 210 Å². The number of aliphatic hydroxyl groups is 1. The second-order valence-corrected chi connectivity index (χ2v) is 9.09. The van der Waals surface area contributed by atoms with Gasteiger partial charge in [-0.1, -0.05) is 49.0 Å². The molecule has 2 heterocycles. The van der Waals surface area contributed by atoms with Gasteiger partial charge in [-0.3, -0.25) is 4.79 Å². The molecule has 0 spiro atoms. The van der Waals surface area contributed by atoms with E-state index in [0.717, 1.165) is 53.8 Å². The highest BCUT2D eigenvalue weighted by Gasteiger charge is 2.25. The molecule has 5 rings (SSSR count). The molecular weight excluding hydrogens is 450 g/mol. The van der Waals surface area contributed by atoms with Gasteiger partial charge in [-0.2, -0.15) is 0 Å². The normalized spacial score (nSPS) is 13.8. The number of fused-ring (bicyclic) bond motifs is 1. The van der Waals surface area contributed by atoms with Crippen LogP contribution < -0.4 is 10.6 Å². The predicted molar refractivity (Wildman–Crippen MR) is 144 cm³/mol. The lowest BCUT2D eigenvalue weighted by Crippen LogP contribution is -2.48. The Balaban J connectivity index is 1.32. The summed E-state index contributed by atoms with van der Waals surface area (Å²) in [6.07, 6.45) is 4.12. The maximum atomic E-state index is 11.7. The molecule has 1 amide bonds. The minimum Gasteiger partial charge on any atom is -0.395 e. The smallest absolute Gasteiger partial charge is 0.247 e. The summed E-state index contributed by atoms with van der Waals surface area (Å²) in [5, 5.41) is 16.1. The number of anilines is 3. The van der Waals surface area contributed by atoms with Crippen molar-refractivity contribution in [1.29, 1.82) is 0 Å². The largest absolute Gasteiger partial charge is 0.395 e. The molecule has 4 aromatic rings. The summed E-state index contributed by atoms with van der Waals surface area (Å²) in [7, 11) is 0. The number of hydrogen-bond acceptors (Lipinski definition) is 6. The number of likely N-dealkylation sites (tertiary alicyclic amines) is 1. The monoisotopic (exact) mass is 479 g/mol. The number of aliphatic hydroxyl groups excluding tert-OH is 1. The Bertz CT molecular complexity index is 1380. The number of amides is 1. The van der Waals surface area contributed by atoms with Gasteiger partial charge in [0.1, 0.15) is 0 Å². The minimum absolute atomic E-state index is 0.228. The van der Waals surface area contributed by atoms with E-state index >= 15 is 0 Å². The number of nitrogens with zero attached hydrogens (tertiary/aromatic N) is 3. The van der Waals surface area contributed by atoms with Crippen LogP contribution in [0.15, 0.2) is 85.6 Å². The first-order valence-electron chi connectivity index (χ1n) is 12.1. The highest BCUT2D eigenvalue weighted by molar-refractivity contribution is 6.00. The van der Waals surface area contributed by atoms with E-state index < -0.39 is 0 Å². The molecule has 1 fully saturated rings. The van der Waals surface area contributed by atoms with E-state index in [2.05, 4.69) is 51.4 Å². The molecule has 0 radical (unpaired) electrons. The average molecular weight is 480 g/mol. The fraction of sp³-hybridized carbons (Fsp3) is 0.207. The third-order valence-corrected chi connectivity index (χ3v) is 6.42. The second kappa shape index (κ2) is 10.7. The SMILES string of the molecule is C=CC(=O)Nc1cccc(-c2cccc3cnc(Nc4ccc(CC5CN(CCO)C5)cc4)nc23)c1. The van der Waals surface area contributed by atoms with Crippen LogP contribution in [0.5, 0.6) is 0 Å². The van der Waals surface area contributed by atoms with Gasteiger partial charge in [0.25, 0.3) is 0 Å². The van der Waals surface area contributed by atoms with Crippen molar-refractivity contribution >= 4 is 34.1 Å². The van der Waals surface area contributed by atoms with Gasteiger partial charge < -0.3 is 20.6 Å². The standard InChI is InChI=1S/C29H29N5O2/c1-2-27(36)31-25-7-3-5-22(16-25)26-8-4-6-23-17-30-29(33-28(23)26)32-24-11-9-20(10-12-24)15-21-18-34(19-21)13-14-35/h2-12,16-17,21,35H,1,13-15,18-19H2,(H,31,36)(H,30,32,33). The van der Waals surface area contributed by atoms with Gasteiger partial charge in [0.05, 0.1) is 12.1 Å². The van der Waals surface area contributed by atoms with Crippen molar-refractivity contribution in [2.24, 2.45) is 5.92 Å². The van der Waals surface area contributed by atoms with Crippen molar-refractivity contribution in [2.45, 2.75) is 6.42 Å². The van der Waals surface area contributed by atoms with Crippen LogP contribution in [0.1, 0.15) is 5.56 Å². The quantitative estimate of drug-likeness (QED) is 0.303. The van der Waals surface area contributed by atoms with E-state index in [4.69, 9.17) is 10.1 Å². The van der Waals surface area contributed by atoms with E-state index in [1.54, 1.807) is 0 Å². The molecule has 3 N–H and O–H groups in total. The van der Waals surface area contributed by atoms with Crippen LogP contribution in [0.2, 0.25) is 0 Å². The van der Waals surface area contributed by atoms with Crippen molar-refractivity contribution in [3.63, 3.8) is 0 Å². The van der Waals surface area contributed by atoms with Crippen molar-refractivity contribution in [3.05, 3.63) is 91.1 Å². The molecule has 7 heteroatoms. The molecule has 1 aliphatic heterocycles. The van der Waals surface area contributed by atoms with Gasteiger partial charge in [-0.25, -0.2) is 9.97 Å². The molecule has 0 saturated carbocycles. The summed E-state index contributed by atoms with van der Waals surface area (Å²) in [4.78, 5) is 23.3. The number of carbonyl (C=O) groups excluding carboxylic acids is 1. The summed E-state index contributed by atoms with van der Waals surface area (Å²) in [6, 6.07) is 22.1. The maximum Gasteiger partial charge on any atom is 0.247 e. The summed E-state index contributed by atoms with van der Waals surface area (Å²) in [5.74, 6) is 0.930. The lowest BCUT2D eigenvalue weighted by atomic mass is 9.92. The lowest BCUT2D eigenvalue weighted by Gasteiger charge is -2.39. The highest BCUT2D eigenvalue weighted by Crippen LogP contribution is 2.30. The molecule has 182 valence electrons.